The fraction of sp³-hybridized carbons (Fsp3) is 1.00. The minimum Gasteiger partial charge on any atom is -0.314 e. The van der Waals surface area contributed by atoms with Crippen molar-refractivity contribution >= 4 is 21.6 Å². The topological polar surface area (TPSA) is 15.3 Å². The van der Waals surface area contributed by atoms with Crippen LogP contribution in [0.5, 0.6) is 0 Å². The number of hydrogen-bond acceptors (Lipinski definition) is 4. The van der Waals surface area contributed by atoms with Crippen molar-refractivity contribution in [2.45, 2.75) is 59.7 Å². The van der Waals surface area contributed by atoms with Crippen LogP contribution in [0.4, 0.5) is 0 Å². The van der Waals surface area contributed by atoms with Crippen LogP contribution in [0.2, 0.25) is 0 Å². The molecular formula is C13H30N2S2. The molecule has 0 amide bonds. The third-order valence-electron chi connectivity index (χ3n) is 2.58. The maximum absolute atomic E-state index is 3.44. The Labute approximate surface area is 116 Å². The summed E-state index contributed by atoms with van der Waals surface area (Å²) >= 11 is 0. The maximum atomic E-state index is 3.44. The van der Waals surface area contributed by atoms with Crippen molar-refractivity contribution in [1.82, 2.24) is 10.2 Å². The lowest BCUT2D eigenvalue weighted by molar-refractivity contribution is 0.187. The Hall–Kier alpha value is 0.620. The van der Waals surface area contributed by atoms with Gasteiger partial charge in [0, 0.05) is 42.7 Å². The van der Waals surface area contributed by atoms with Gasteiger partial charge in [0.1, 0.15) is 0 Å². The van der Waals surface area contributed by atoms with E-state index in [1.807, 2.05) is 21.6 Å². The van der Waals surface area contributed by atoms with Crippen LogP contribution in [0.25, 0.3) is 0 Å². The van der Waals surface area contributed by atoms with E-state index in [0.29, 0.717) is 18.1 Å². The quantitative estimate of drug-likeness (QED) is 0.486. The Morgan fingerprint density at radius 1 is 0.882 bits per heavy atom. The second-order valence-corrected chi connectivity index (χ2v) is 7.88. The first-order chi connectivity index (χ1) is 7.95. The molecule has 2 nitrogen and oxygen atoms in total. The van der Waals surface area contributed by atoms with E-state index in [0.717, 1.165) is 6.54 Å². The van der Waals surface area contributed by atoms with Crippen LogP contribution in [0.3, 0.4) is 0 Å². The van der Waals surface area contributed by atoms with E-state index in [1.54, 1.807) is 0 Å². The van der Waals surface area contributed by atoms with Crippen molar-refractivity contribution in [3.05, 3.63) is 0 Å². The van der Waals surface area contributed by atoms with Crippen LogP contribution in [0.15, 0.2) is 0 Å². The molecule has 0 heterocycles. The van der Waals surface area contributed by atoms with Gasteiger partial charge in [0.15, 0.2) is 0 Å². The molecule has 17 heavy (non-hydrogen) atoms. The van der Waals surface area contributed by atoms with Gasteiger partial charge in [-0.05, 0) is 27.7 Å². The second kappa shape index (κ2) is 10.5. The van der Waals surface area contributed by atoms with Crippen molar-refractivity contribution in [1.29, 1.82) is 0 Å². The average molecular weight is 279 g/mol. The molecule has 0 rings (SSSR count). The molecule has 0 aliphatic carbocycles. The van der Waals surface area contributed by atoms with Crippen molar-refractivity contribution < 1.29 is 0 Å². The Bertz CT molecular complexity index is 165. The highest BCUT2D eigenvalue weighted by atomic mass is 33.1. The number of nitrogens with one attached hydrogen (secondary N) is 1. The Kier molecular flexibility index (Phi) is 10.9. The summed E-state index contributed by atoms with van der Waals surface area (Å²) in [5.41, 5.74) is 0. The summed E-state index contributed by atoms with van der Waals surface area (Å²) in [5, 5.41) is 3.44. The van der Waals surface area contributed by atoms with Gasteiger partial charge in [0.25, 0.3) is 0 Å². The van der Waals surface area contributed by atoms with Gasteiger partial charge in [0.2, 0.25) is 0 Å². The molecule has 0 saturated carbocycles. The summed E-state index contributed by atoms with van der Waals surface area (Å²) in [6.45, 7) is 15.8. The lowest BCUT2D eigenvalue weighted by Gasteiger charge is -2.30. The van der Waals surface area contributed by atoms with E-state index in [1.165, 1.54) is 18.1 Å². The number of hydrogen-bond donors (Lipinski definition) is 1. The molecule has 0 atom stereocenters. The van der Waals surface area contributed by atoms with E-state index in [-0.39, 0.29) is 0 Å². The summed E-state index contributed by atoms with van der Waals surface area (Å²) in [6.07, 6.45) is 0. The molecule has 0 spiro atoms. The highest BCUT2D eigenvalue weighted by Gasteiger charge is 2.12. The van der Waals surface area contributed by atoms with Crippen LogP contribution in [-0.4, -0.2) is 47.6 Å². The largest absolute Gasteiger partial charge is 0.314 e. The summed E-state index contributed by atoms with van der Waals surface area (Å²) < 4.78 is 0. The summed E-state index contributed by atoms with van der Waals surface area (Å²) in [5.74, 6) is 2.43. The van der Waals surface area contributed by atoms with Crippen LogP contribution < -0.4 is 5.32 Å². The molecule has 4 heteroatoms. The lowest BCUT2D eigenvalue weighted by Crippen LogP contribution is -2.38. The zero-order valence-electron chi connectivity index (χ0n) is 12.3. The second-order valence-electron chi connectivity index (χ2n) is 5.18. The van der Waals surface area contributed by atoms with Crippen molar-refractivity contribution in [3.8, 4) is 0 Å². The van der Waals surface area contributed by atoms with E-state index in [2.05, 4.69) is 51.8 Å². The van der Waals surface area contributed by atoms with Gasteiger partial charge in [-0.1, -0.05) is 35.4 Å². The SMILES string of the molecule is CC(C)NCCSSCCN(C(C)C)C(C)C. The fourth-order valence-corrected chi connectivity index (χ4v) is 3.67. The normalized spacial score (nSPS) is 12.4. The molecule has 0 fully saturated rings. The predicted octanol–water partition coefficient (Wildman–Crippen LogP) is 3.48. The molecule has 0 bridgehead atoms. The molecule has 1 N–H and O–H groups in total. The van der Waals surface area contributed by atoms with Crippen LogP contribution in [-0.2, 0) is 0 Å². The maximum Gasteiger partial charge on any atom is 0.0165 e. The standard InChI is InChI=1S/C13H30N2S2/c1-11(2)14-7-9-16-17-10-8-15(12(3)4)13(5)6/h11-14H,7-10H2,1-6H3. The van der Waals surface area contributed by atoms with Crippen LogP contribution >= 0.6 is 21.6 Å². The molecule has 0 aliphatic rings. The fourth-order valence-electron chi connectivity index (χ4n) is 1.76. The molecule has 104 valence electrons. The van der Waals surface area contributed by atoms with E-state index < -0.39 is 0 Å². The zero-order valence-corrected chi connectivity index (χ0v) is 14.0. The smallest absolute Gasteiger partial charge is 0.0165 e. The third kappa shape index (κ3) is 10.2. The average Bonchev–Trinajstić information content (AvgIpc) is 2.20. The molecule has 0 saturated heterocycles. The van der Waals surface area contributed by atoms with Gasteiger partial charge < -0.3 is 5.32 Å². The highest BCUT2D eigenvalue weighted by Crippen LogP contribution is 2.21. The van der Waals surface area contributed by atoms with Gasteiger partial charge >= 0.3 is 0 Å². The van der Waals surface area contributed by atoms with Crippen molar-refractivity contribution in [3.63, 3.8) is 0 Å². The summed E-state index contributed by atoms with van der Waals surface area (Å²) in [4.78, 5) is 2.56. The van der Waals surface area contributed by atoms with E-state index in [4.69, 9.17) is 0 Å². The first kappa shape index (κ1) is 17.6. The Morgan fingerprint density at radius 3 is 1.88 bits per heavy atom. The molecule has 0 aromatic heterocycles. The molecule has 0 radical (unpaired) electrons. The number of rotatable bonds is 10. The monoisotopic (exact) mass is 278 g/mol. The lowest BCUT2D eigenvalue weighted by atomic mass is 10.2. The van der Waals surface area contributed by atoms with Crippen LogP contribution in [0.1, 0.15) is 41.5 Å². The first-order valence-corrected chi connectivity index (χ1v) is 9.17. The molecular weight excluding hydrogens is 248 g/mol. The predicted molar refractivity (Wildman–Crippen MR) is 85.0 cm³/mol. The Balaban J connectivity index is 3.43. The minimum atomic E-state index is 0.609. The summed E-state index contributed by atoms with van der Waals surface area (Å²) in [6, 6.07) is 1.92. The van der Waals surface area contributed by atoms with E-state index >= 15 is 0 Å². The van der Waals surface area contributed by atoms with E-state index in [9.17, 15) is 0 Å². The molecule has 0 aliphatic heterocycles. The summed E-state index contributed by atoms with van der Waals surface area (Å²) in [7, 11) is 3.99. The number of nitrogens with zero attached hydrogens (tertiary/aromatic N) is 1. The zero-order chi connectivity index (χ0) is 13.3. The van der Waals surface area contributed by atoms with Crippen molar-refractivity contribution in [2.24, 2.45) is 0 Å². The highest BCUT2D eigenvalue weighted by molar-refractivity contribution is 8.76. The van der Waals surface area contributed by atoms with Gasteiger partial charge in [-0.3, -0.25) is 4.90 Å². The van der Waals surface area contributed by atoms with Crippen molar-refractivity contribution in [2.75, 3.05) is 24.6 Å². The molecule has 0 aromatic carbocycles. The molecule has 0 unspecified atom stereocenters. The first-order valence-electron chi connectivity index (χ1n) is 6.68. The van der Waals surface area contributed by atoms with Gasteiger partial charge in [-0.25, -0.2) is 0 Å². The molecule has 0 aromatic rings. The van der Waals surface area contributed by atoms with Crippen LogP contribution in [0, 0.1) is 0 Å². The van der Waals surface area contributed by atoms with Gasteiger partial charge in [-0.2, -0.15) is 0 Å². The third-order valence-corrected chi connectivity index (χ3v) is 4.97. The minimum absolute atomic E-state index is 0.609. The Morgan fingerprint density at radius 2 is 1.41 bits per heavy atom. The van der Waals surface area contributed by atoms with Gasteiger partial charge in [0.05, 0.1) is 0 Å². The van der Waals surface area contributed by atoms with Gasteiger partial charge in [-0.15, -0.1) is 0 Å².